The molecule has 0 amide bonds. The number of carbonyl (C=O) groups excluding carboxylic acids is 1. The van der Waals surface area contributed by atoms with E-state index in [0.29, 0.717) is 0 Å². The molecule has 0 bridgehead atoms. The predicted molar refractivity (Wildman–Crippen MR) is 16.5 cm³/mol. The minimum absolute atomic E-state index is 0. The molecular weight excluding hydrogens is 168 g/mol. The number of nitrogens with zero attached hydrogens (tertiary/aromatic N) is 1. The van der Waals surface area contributed by atoms with E-state index in [1.54, 1.807) is 0 Å². The smallest absolute Gasteiger partial charge is 0.543 e. The number of aliphatic carboxylic acids is 1. The van der Waals surface area contributed by atoms with Gasteiger partial charge in [0.15, 0.2) is 0 Å². The molecule has 4 heteroatoms. The van der Waals surface area contributed by atoms with Gasteiger partial charge in [-0.3, -0.25) is 0 Å². The zero-order valence-electron chi connectivity index (χ0n) is 3.97. The van der Waals surface area contributed by atoms with Gasteiger partial charge in [0.1, 0.15) is 5.97 Å². The van der Waals surface area contributed by atoms with Crippen molar-refractivity contribution in [2.45, 2.75) is 0 Å². The van der Waals surface area contributed by atoms with Crippen LogP contribution in [0.5, 0.6) is 0 Å². The van der Waals surface area contributed by atoms with E-state index < -0.39 is 12.5 Å². The SMILES string of the molecule is [C-]#[N+]CC(=O)[O-].[Rb+]. The van der Waals surface area contributed by atoms with Crippen LogP contribution in [0.25, 0.3) is 4.85 Å². The molecule has 0 unspecified atom stereocenters. The summed E-state index contributed by atoms with van der Waals surface area (Å²) in [5.41, 5.74) is 0. The van der Waals surface area contributed by atoms with Gasteiger partial charge in [-0.2, -0.15) is 0 Å². The average Bonchev–Trinajstić information content (AvgIpc) is 1.35. The summed E-state index contributed by atoms with van der Waals surface area (Å²) in [6.45, 7) is 5.41. The first kappa shape index (κ1) is 10.7. The van der Waals surface area contributed by atoms with Crippen LogP contribution in [-0.2, 0) is 4.79 Å². The molecule has 7 heavy (non-hydrogen) atoms. The maximum atomic E-state index is 9.27. The number of hydrogen-bond acceptors (Lipinski definition) is 2. The summed E-state index contributed by atoms with van der Waals surface area (Å²) in [6.07, 6.45) is 0. The van der Waals surface area contributed by atoms with Crippen LogP contribution < -0.4 is 63.3 Å². The molecule has 0 aromatic carbocycles. The predicted octanol–water partition coefficient (Wildman–Crippen LogP) is -4.34. The third kappa shape index (κ3) is 10.8. The quantitative estimate of drug-likeness (QED) is 0.373. The molecule has 3 nitrogen and oxygen atoms in total. The third-order valence-electron chi connectivity index (χ3n) is 0.208. The molecule has 0 aliphatic carbocycles. The Morgan fingerprint density at radius 3 is 2.29 bits per heavy atom. The van der Waals surface area contributed by atoms with Gasteiger partial charge in [0.2, 0.25) is 0 Å². The molecule has 0 saturated carbocycles. The van der Waals surface area contributed by atoms with Crippen LogP contribution >= 0.6 is 0 Å². The van der Waals surface area contributed by atoms with Crippen molar-refractivity contribution in [3.63, 3.8) is 0 Å². The van der Waals surface area contributed by atoms with Crippen LogP contribution in [0.2, 0.25) is 0 Å². The van der Waals surface area contributed by atoms with E-state index >= 15 is 0 Å². The van der Waals surface area contributed by atoms with Crippen LogP contribution in [0.15, 0.2) is 0 Å². The van der Waals surface area contributed by atoms with E-state index in [9.17, 15) is 9.90 Å². The van der Waals surface area contributed by atoms with E-state index in [1.807, 2.05) is 0 Å². The number of carboxylic acids is 1. The summed E-state index contributed by atoms with van der Waals surface area (Å²) in [6, 6.07) is 0. The van der Waals surface area contributed by atoms with Gasteiger partial charge in [0, 0.05) is 0 Å². The van der Waals surface area contributed by atoms with E-state index in [-0.39, 0.29) is 58.2 Å². The van der Waals surface area contributed by atoms with E-state index in [2.05, 4.69) is 4.85 Å². The van der Waals surface area contributed by atoms with Gasteiger partial charge in [-0.1, -0.05) is 0 Å². The Morgan fingerprint density at radius 1 is 1.86 bits per heavy atom. The molecule has 0 heterocycles. The normalized spacial score (nSPS) is 5.57. The first-order valence-electron chi connectivity index (χ1n) is 1.30. The topological polar surface area (TPSA) is 44.5 Å². The van der Waals surface area contributed by atoms with Gasteiger partial charge in [0.05, 0.1) is 0 Å². The molecule has 0 radical (unpaired) electrons. The summed E-state index contributed by atoms with van der Waals surface area (Å²) < 4.78 is 0. The molecule has 0 rings (SSSR count). The van der Waals surface area contributed by atoms with Crippen molar-refractivity contribution in [2.24, 2.45) is 0 Å². The maximum Gasteiger partial charge on any atom is 1.00 e. The minimum Gasteiger partial charge on any atom is -0.543 e. The second-order valence-corrected chi connectivity index (χ2v) is 0.688. The molecule has 32 valence electrons. The van der Waals surface area contributed by atoms with Crippen LogP contribution in [0.3, 0.4) is 0 Å². The first-order chi connectivity index (χ1) is 2.77. The van der Waals surface area contributed by atoms with Crippen molar-refractivity contribution in [3.8, 4) is 0 Å². The van der Waals surface area contributed by atoms with E-state index in [0.717, 1.165) is 0 Å². The molecular formula is C3H2NO2Rb. The number of carbonyl (C=O) groups is 1. The molecule has 0 aliphatic rings. The fourth-order valence-corrected chi connectivity index (χ4v) is 0.0645. The van der Waals surface area contributed by atoms with Gasteiger partial charge in [-0.05, 0) is 0 Å². The Labute approximate surface area is 90.3 Å². The fraction of sp³-hybridized carbons (Fsp3) is 0.333. The second kappa shape index (κ2) is 6.77. The standard InChI is InChI=1S/C3H3NO2.Rb/c1-4-2-3(5)6;/h2H2,(H,5,6);/q;+1/p-1. The Bertz CT molecular complexity index is 95.6. The van der Waals surface area contributed by atoms with Gasteiger partial charge in [-0.25, -0.2) is 6.57 Å². The third-order valence-corrected chi connectivity index (χ3v) is 0.208. The Hall–Kier alpha value is 0.765. The van der Waals surface area contributed by atoms with Crippen molar-refractivity contribution in [2.75, 3.05) is 6.54 Å². The van der Waals surface area contributed by atoms with Gasteiger partial charge in [0.25, 0.3) is 6.54 Å². The second-order valence-electron chi connectivity index (χ2n) is 0.688. The van der Waals surface area contributed by atoms with Gasteiger partial charge in [-0.15, -0.1) is 0 Å². The van der Waals surface area contributed by atoms with Crippen molar-refractivity contribution >= 4 is 5.97 Å². The summed E-state index contributed by atoms with van der Waals surface area (Å²) in [5.74, 6) is -1.31. The zero-order valence-corrected chi connectivity index (χ0v) is 8.89. The summed E-state index contributed by atoms with van der Waals surface area (Å²) in [5, 5.41) is 9.27. The van der Waals surface area contributed by atoms with E-state index in [4.69, 9.17) is 6.57 Å². The van der Waals surface area contributed by atoms with Gasteiger partial charge >= 0.3 is 58.2 Å². The Morgan fingerprint density at radius 2 is 2.29 bits per heavy atom. The molecule has 0 saturated heterocycles. The maximum absolute atomic E-state index is 9.27. The molecule has 0 aromatic rings. The molecule has 0 spiro atoms. The van der Waals surface area contributed by atoms with Crippen LogP contribution in [-0.4, -0.2) is 12.5 Å². The first-order valence-corrected chi connectivity index (χ1v) is 1.30. The van der Waals surface area contributed by atoms with Crippen molar-refractivity contribution in [1.29, 1.82) is 0 Å². The van der Waals surface area contributed by atoms with Crippen molar-refractivity contribution in [1.82, 2.24) is 0 Å². The van der Waals surface area contributed by atoms with Crippen molar-refractivity contribution < 1.29 is 68.1 Å². The minimum atomic E-state index is -1.31. The van der Waals surface area contributed by atoms with Crippen molar-refractivity contribution in [3.05, 3.63) is 11.4 Å². The van der Waals surface area contributed by atoms with Crippen LogP contribution in [0, 0.1) is 6.57 Å². The average molecular weight is 170 g/mol. The summed E-state index contributed by atoms with van der Waals surface area (Å²) in [7, 11) is 0. The van der Waals surface area contributed by atoms with Crippen LogP contribution in [0.1, 0.15) is 0 Å². The summed E-state index contributed by atoms with van der Waals surface area (Å²) >= 11 is 0. The number of hydrogen-bond donors (Lipinski definition) is 0. The van der Waals surface area contributed by atoms with Gasteiger partial charge < -0.3 is 14.7 Å². The monoisotopic (exact) mass is 169 g/mol. The molecule has 0 aromatic heterocycles. The number of carboxylic acid groups (broad SMARTS) is 1. The molecule has 0 fully saturated rings. The molecule has 0 N–H and O–H groups in total. The van der Waals surface area contributed by atoms with E-state index in [1.165, 1.54) is 0 Å². The zero-order chi connectivity index (χ0) is 4.99. The largest absolute Gasteiger partial charge is 1.00 e. The molecule has 0 aliphatic heterocycles. The number of rotatable bonds is 1. The Kier molecular flexibility index (Phi) is 10.3. The molecule has 0 atom stereocenters. The Balaban J connectivity index is 0. The van der Waals surface area contributed by atoms with Crippen LogP contribution in [0.4, 0.5) is 0 Å². The summed E-state index contributed by atoms with van der Waals surface area (Å²) in [4.78, 5) is 11.8. The fourth-order valence-electron chi connectivity index (χ4n) is 0.0645.